The number of rotatable bonds is 8. The third-order valence-corrected chi connectivity index (χ3v) is 3.80. The number of carboxylic acids is 1. The van der Waals surface area contributed by atoms with Crippen LogP contribution in [0.2, 0.25) is 0 Å². The quantitative estimate of drug-likeness (QED) is 0.729. The number of nitrogens with zero attached hydrogens (tertiary/aromatic N) is 1. The van der Waals surface area contributed by atoms with Gasteiger partial charge in [-0.2, -0.15) is 0 Å². The number of benzene rings is 2. The van der Waals surface area contributed by atoms with Crippen molar-refractivity contribution in [1.29, 1.82) is 0 Å². The lowest BCUT2D eigenvalue weighted by molar-refractivity contribution is 0.0693. The molecule has 0 saturated carbocycles. The summed E-state index contributed by atoms with van der Waals surface area (Å²) in [6.45, 7) is 4.60. The molecular weight excluding hydrogens is 334 g/mol. The molecule has 0 atom stereocenters. The molecule has 6 nitrogen and oxygen atoms in total. The van der Waals surface area contributed by atoms with Crippen molar-refractivity contribution >= 4 is 17.4 Å². The van der Waals surface area contributed by atoms with Gasteiger partial charge >= 0.3 is 5.97 Å². The molecule has 0 unspecified atom stereocenters. The maximum atomic E-state index is 13.0. The number of anilines is 1. The summed E-state index contributed by atoms with van der Waals surface area (Å²) in [7, 11) is 3.65. The summed E-state index contributed by atoms with van der Waals surface area (Å²) in [5.41, 5.74) is 1.19. The van der Waals surface area contributed by atoms with Gasteiger partial charge in [-0.3, -0.25) is 4.79 Å². The smallest absolute Gasteiger partial charge is 0.336 e. The van der Waals surface area contributed by atoms with Gasteiger partial charge in [0.25, 0.3) is 0 Å². The van der Waals surface area contributed by atoms with Gasteiger partial charge in [-0.15, -0.1) is 0 Å². The molecule has 138 valence electrons. The first-order valence-corrected chi connectivity index (χ1v) is 8.38. The maximum Gasteiger partial charge on any atom is 0.336 e. The van der Waals surface area contributed by atoms with Crippen LogP contribution >= 0.6 is 0 Å². The predicted octanol–water partition coefficient (Wildman–Crippen LogP) is 3.48. The summed E-state index contributed by atoms with van der Waals surface area (Å²) < 4.78 is 11.1. The molecule has 0 aromatic heterocycles. The monoisotopic (exact) mass is 357 g/mol. The molecule has 2 aromatic carbocycles. The van der Waals surface area contributed by atoms with Gasteiger partial charge < -0.3 is 19.5 Å². The molecule has 0 fully saturated rings. The first-order valence-electron chi connectivity index (χ1n) is 8.38. The van der Waals surface area contributed by atoms with Crippen LogP contribution < -0.4 is 14.4 Å². The van der Waals surface area contributed by atoms with Crippen molar-refractivity contribution < 1.29 is 24.2 Å². The van der Waals surface area contributed by atoms with E-state index in [0.717, 1.165) is 5.69 Å². The molecule has 1 N–H and O–H groups in total. The molecule has 0 aliphatic heterocycles. The highest BCUT2D eigenvalue weighted by Crippen LogP contribution is 2.30. The number of aromatic carboxylic acids is 1. The van der Waals surface area contributed by atoms with Crippen LogP contribution in [-0.2, 0) is 0 Å². The van der Waals surface area contributed by atoms with Crippen molar-refractivity contribution in [3.8, 4) is 11.5 Å². The first-order chi connectivity index (χ1) is 12.4. The van der Waals surface area contributed by atoms with E-state index in [1.165, 1.54) is 6.07 Å². The molecule has 0 aliphatic rings. The van der Waals surface area contributed by atoms with E-state index < -0.39 is 5.97 Å². The molecule has 2 rings (SSSR count). The SMILES string of the molecule is CCOc1ccc(C(=O)c2cc(N(C)C)ccc2C(=O)O)cc1OCC. The number of ether oxygens (including phenoxy) is 2. The lowest BCUT2D eigenvalue weighted by Gasteiger charge is -2.16. The molecule has 0 heterocycles. The summed E-state index contributed by atoms with van der Waals surface area (Å²) in [4.78, 5) is 26.3. The standard InChI is InChI=1S/C20H23NO5/c1-5-25-17-10-7-13(11-18(17)26-6-2)19(22)16-12-14(21(3)4)8-9-15(16)20(23)24/h7-12H,5-6H2,1-4H3,(H,23,24). The zero-order valence-electron chi connectivity index (χ0n) is 15.4. The topological polar surface area (TPSA) is 76.1 Å². The first kappa shape index (κ1) is 19.3. The minimum atomic E-state index is -1.14. The average molecular weight is 357 g/mol. The second-order valence-electron chi connectivity index (χ2n) is 5.79. The molecule has 0 spiro atoms. The molecule has 0 aliphatic carbocycles. The number of hydrogen-bond donors (Lipinski definition) is 1. The molecule has 0 saturated heterocycles. The van der Waals surface area contributed by atoms with E-state index in [1.807, 2.05) is 32.8 Å². The fourth-order valence-corrected chi connectivity index (χ4v) is 2.53. The second-order valence-corrected chi connectivity index (χ2v) is 5.79. The van der Waals surface area contributed by atoms with Crippen LogP contribution in [-0.4, -0.2) is 44.2 Å². The van der Waals surface area contributed by atoms with E-state index in [4.69, 9.17) is 9.47 Å². The van der Waals surface area contributed by atoms with Gasteiger partial charge in [0.15, 0.2) is 17.3 Å². The van der Waals surface area contributed by atoms with Gasteiger partial charge in [0.05, 0.1) is 18.8 Å². The van der Waals surface area contributed by atoms with Crippen molar-refractivity contribution in [3.63, 3.8) is 0 Å². The van der Waals surface area contributed by atoms with Crippen molar-refractivity contribution in [2.24, 2.45) is 0 Å². The van der Waals surface area contributed by atoms with Gasteiger partial charge in [0, 0.05) is 30.9 Å². The minimum absolute atomic E-state index is 0.0348. The van der Waals surface area contributed by atoms with Crippen LogP contribution in [0, 0.1) is 0 Å². The van der Waals surface area contributed by atoms with Crippen LogP contribution in [0.15, 0.2) is 36.4 Å². The van der Waals surface area contributed by atoms with E-state index in [1.54, 1.807) is 30.3 Å². The van der Waals surface area contributed by atoms with Crippen LogP contribution in [0.4, 0.5) is 5.69 Å². The van der Waals surface area contributed by atoms with Crippen molar-refractivity contribution in [1.82, 2.24) is 0 Å². The Morgan fingerprint density at radius 2 is 1.58 bits per heavy atom. The zero-order valence-corrected chi connectivity index (χ0v) is 15.4. The molecule has 0 radical (unpaired) electrons. The molecule has 0 amide bonds. The lowest BCUT2D eigenvalue weighted by atomic mass is 9.97. The van der Waals surface area contributed by atoms with E-state index in [2.05, 4.69) is 0 Å². The third kappa shape index (κ3) is 4.14. The highest BCUT2D eigenvalue weighted by Gasteiger charge is 2.20. The predicted molar refractivity (Wildman–Crippen MR) is 99.9 cm³/mol. The fourth-order valence-electron chi connectivity index (χ4n) is 2.53. The van der Waals surface area contributed by atoms with Gasteiger partial charge in [-0.25, -0.2) is 4.79 Å². The molecule has 26 heavy (non-hydrogen) atoms. The van der Waals surface area contributed by atoms with Crippen LogP contribution in [0.5, 0.6) is 11.5 Å². The molecular formula is C20H23NO5. The highest BCUT2D eigenvalue weighted by molar-refractivity contribution is 6.15. The summed E-state index contributed by atoms with van der Waals surface area (Å²) in [6.07, 6.45) is 0. The number of ketones is 1. The van der Waals surface area contributed by atoms with Crippen molar-refractivity contribution in [2.75, 3.05) is 32.2 Å². The highest BCUT2D eigenvalue weighted by atomic mass is 16.5. The Balaban J connectivity index is 2.52. The third-order valence-electron chi connectivity index (χ3n) is 3.80. The molecule has 6 heteroatoms. The van der Waals surface area contributed by atoms with Crippen molar-refractivity contribution in [3.05, 3.63) is 53.1 Å². The summed E-state index contributed by atoms with van der Waals surface area (Å²) in [5.74, 6) is -0.517. The van der Waals surface area contributed by atoms with Crippen LogP contribution in [0.1, 0.15) is 40.1 Å². The Morgan fingerprint density at radius 3 is 2.15 bits per heavy atom. The maximum absolute atomic E-state index is 13.0. The van der Waals surface area contributed by atoms with Crippen LogP contribution in [0.3, 0.4) is 0 Å². The fraction of sp³-hybridized carbons (Fsp3) is 0.300. The van der Waals surface area contributed by atoms with Gasteiger partial charge in [-0.05, 0) is 50.2 Å². The van der Waals surface area contributed by atoms with E-state index >= 15 is 0 Å². The number of hydrogen-bond acceptors (Lipinski definition) is 5. The Hall–Kier alpha value is -3.02. The Bertz CT molecular complexity index is 814. The van der Waals surface area contributed by atoms with E-state index in [9.17, 15) is 14.7 Å². The number of carbonyl (C=O) groups excluding carboxylic acids is 1. The Kier molecular flexibility index (Phi) is 6.22. The van der Waals surface area contributed by atoms with Gasteiger partial charge in [0.2, 0.25) is 0 Å². The number of carbonyl (C=O) groups is 2. The molecule has 2 aromatic rings. The normalized spacial score (nSPS) is 10.3. The second kappa shape index (κ2) is 8.38. The van der Waals surface area contributed by atoms with E-state index in [0.29, 0.717) is 30.3 Å². The largest absolute Gasteiger partial charge is 0.490 e. The van der Waals surface area contributed by atoms with E-state index in [-0.39, 0.29) is 16.9 Å². The lowest BCUT2D eigenvalue weighted by Crippen LogP contribution is -2.14. The van der Waals surface area contributed by atoms with Gasteiger partial charge in [0.1, 0.15) is 0 Å². The number of carboxylic acid groups (broad SMARTS) is 1. The van der Waals surface area contributed by atoms with Gasteiger partial charge in [-0.1, -0.05) is 0 Å². The Labute approximate surface area is 153 Å². The zero-order chi connectivity index (χ0) is 19.3. The van der Waals surface area contributed by atoms with Crippen LogP contribution in [0.25, 0.3) is 0 Å². The minimum Gasteiger partial charge on any atom is -0.490 e. The summed E-state index contributed by atoms with van der Waals surface area (Å²) in [5, 5.41) is 9.43. The van der Waals surface area contributed by atoms with Crippen molar-refractivity contribution in [2.45, 2.75) is 13.8 Å². The Morgan fingerprint density at radius 1 is 0.923 bits per heavy atom. The summed E-state index contributed by atoms with van der Waals surface area (Å²) in [6, 6.07) is 9.57. The summed E-state index contributed by atoms with van der Waals surface area (Å²) >= 11 is 0. The molecule has 0 bridgehead atoms. The average Bonchev–Trinajstić information content (AvgIpc) is 2.62.